The third-order valence-electron chi connectivity index (χ3n) is 5.14. The van der Waals surface area contributed by atoms with E-state index in [0.717, 1.165) is 12.0 Å². The number of halogens is 3. The topological polar surface area (TPSA) is 58.6 Å². The van der Waals surface area contributed by atoms with Crippen LogP contribution in [0.5, 0.6) is 5.75 Å². The lowest BCUT2D eigenvalue weighted by atomic mass is 10.1. The number of benzene rings is 2. The molecule has 174 valence electrons. The maximum absolute atomic E-state index is 13.1. The van der Waals surface area contributed by atoms with Gasteiger partial charge in [0.1, 0.15) is 11.8 Å². The normalized spacial score (nSPS) is 12.7. The summed E-state index contributed by atoms with van der Waals surface area (Å²) in [4.78, 5) is 27.4. The minimum absolute atomic E-state index is 0.0220. The number of hydrogen-bond donors (Lipinski definition) is 1. The zero-order chi connectivity index (χ0) is 23.7. The number of nitrogens with zero attached hydrogens (tertiary/aromatic N) is 1. The molecule has 2 rings (SSSR count). The predicted molar refractivity (Wildman–Crippen MR) is 131 cm³/mol. The number of ether oxygens (including phenoxy) is 1. The summed E-state index contributed by atoms with van der Waals surface area (Å²) in [6.45, 7) is 6.23. The molecular formula is C24H29Cl3N2O3. The molecule has 0 heterocycles. The molecule has 32 heavy (non-hydrogen) atoms. The SMILES string of the molecule is CC[C@H](C)NC(=O)[C@@H](C)N(Cc1ccc(Cl)cc1Cl)C(=O)CCCOc1ccc(Cl)cc1. The van der Waals surface area contributed by atoms with Crippen LogP contribution in [0, 0.1) is 0 Å². The molecule has 0 aliphatic rings. The first-order chi connectivity index (χ1) is 15.2. The summed E-state index contributed by atoms with van der Waals surface area (Å²) in [6, 6.07) is 11.5. The number of carbonyl (C=O) groups is 2. The average molecular weight is 500 g/mol. The highest BCUT2D eigenvalue weighted by Gasteiger charge is 2.27. The van der Waals surface area contributed by atoms with Crippen molar-refractivity contribution in [2.75, 3.05) is 6.61 Å². The summed E-state index contributed by atoms with van der Waals surface area (Å²) in [5.41, 5.74) is 0.727. The second kappa shape index (κ2) is 12.9. The van der Waals surface area contributed by atoms with Crippen molar-refractivity contribution in [2.45, 2.75) is 58.7 Å². The van der Waals surface area contributed by atoms with Gasteiger partial charge in [-0.2, -0.15) is 0 Å². The lowest BCUT2D eigenvalue weighted by molar-refractivity contribution is -0.141. The molecule has 0 bridgehead atoms. The molecule has 0 unspecified atom stereocenters. The van der Waals surface area contributed by atoms with Crippen molar-refractivity contribution in [3.63, 3.8) is 0 Å². The van der Waals surface area contributed by atoms with Crippen molar-refractivity contribution in [1.82, 2.24) is 10.2 Å². The zero-order valence-electron chi connectivity index (χ0n) is 18.5. The lowest BCUT2D eigenvalue weighted by Gasteiger charge is -2.30. The number of carbonyl (C=O) groups excluding carboxylic acids is 2. The molecule has 0 spiro atoms. The van der Waals surface area contributed by atoms with Gasteiger partial charge in [0.15, 0.2) is 0 Å². The van der Waals surface area contributed by atoms with Gasteiger partial charge in [-0.25, -0.2) is 0 Å². The van der Waals surface area contributed by atoms with E-state index in [1.807, 2.05) is 13.8 Å². The molecule has 2 atom stereocenters. The maximum atomic E-state index is 13.1. The molecule has 0 radical (unpaired) electrons. The highest BCUT2D eigenvalue weighted by molar-refractivity contribution is 6.35. The third kappa shape index (κ3) is 8.19. The Balaban J connectivity index is 2.05. The van der Waals surface area contributed by atoms with Crippen LogP contribution in [0.25, 0.3) is 0 Å². The van der Waals surface area contributed by atoms with Crippen LogP contribution in [0.2, 0.25) is 15.1 Å². The fraction of sp³-hybridized carbons (Fsp3) is 0.417. The van der Waals surface area contributed by atoms with E-state index in [1.54, 1.807) is 54.3 Å². The molecule has 2 aromatic rings. The number of amides is 2. The van der Waals surface area contributed by atoms with E-state index < -0.39 is 6.04 Å². The van der Waals surface area contributed by atoms with E-state index in [0.29, 0.717) is 33.8 Å². The van der Waals surface area contributed by atoms with Crippen LogP contribution in [0.3, 0.4) is 0 Å². The molecule has 0 aromatic heterocycles. The monoisotopic (exact) mass is 498 g/mol. The van der Waals surface area contributed by atoms with Crippen LogP contribution in [0.15, 0.2) is 42.5 Å². The van der Waals surface area contributed by atoms with E-state index in [-0.39, 0.29) is 30.8 Å². The molecule has 0 saturated heterocycles. The molecule has 0 aliphatic carbocycles. The Morgan fingerprint density at radius 3 is 2.31 bits per heavy atom. The van der Waals surface area contributed by atoms with Gasteiger partial charge in [0.2, 0.25) is 11.8 Å². The van der Waals surface area contributed by atoms with E-state index >= 15 is 0 Å². The third-order valence-corrected chi connectivity index (χ3v) is 5.98. The second-order valence-corrected chi connectivity index (χ2v) is 8.94. The van der Waals surface area contributed by atoms with Crippen LogP contribution in [0.1, 0.15) is 45.6 Å². The Bertz CT molecular complexity index is 906. The highest BCUT2D eigenvalue weighted by Crippen LogP contribution is 2.24. The van der Waals surface area contributed by atoms with Gasteiger partial charge in [0, 0.05) is 34.1 Å². The Kier molecular flexibility index (Phi) is 10.6. The van der Waals surface area contributed by atoms with Crippen LogP contribution in [-0.2, 0) is 16.1 Å². The summed E-state index contributed by atoms with van der Waals surface area (Å²) in [5.74, 6) is 0.339. The molecule has 2 aromatic carbocycles. The average Bonchev–Trinajstić information content (AvgIpc) is 2.76. The largest absolute Gasteiger partial charge is 0.494 e. The van der Waals surface area contributed by atoms with E-state index in [9.17, 15) is 9.59 Å². The van der Waals surface area contributed by atoms with Gasteiger partial charge in [0.25, 0.3) is 0 Å². The van der Waals surface area contributed by atoms with Gasteiger partial charge >= 0.3 is 0 Å². The van der Waals surface area contributed by atoms with Crippen molar-refractivity contribution in [3.05, 3.63) is 63.1 Å². The lowest BCUT2D eigenvalue weighted by Crippen LogP contribution is -2.49. The van der Waals surface area contributed by atoms with Gasteiger partial charge in [0.05, 0.1) is 6.61 Å². The molecule has 0 aliphatic heterocycles. The zero-order valence-corrected chi connectivity index (χ0v) is 20.8. The highest BCUT2D eigenvalue weighted by atomic mass is 35.5. The van der Waals surface area contributed by atoms with Gasteiger partial charge in [-0.05, 0) is 68.7 Å². The van der Waals surface area contributed by atoms with Gasteiger partial charge < -0.3 is 15.0 Å². The van der Waals surface area contributed by atoms with E-state index in [4.69, 9.17) is 39.5 Å². The fourth-order valence-corrected chi connectivity index (χ4v) is 3.56. The van der Waals surface area contributed by atoms with Crippen LogP contribution < -0.4 is 10.1 Å². The van der Waals surface area contributed by atoms with Crippen LogP contribution in [-0.4, -0.2) is 35.4 Å². The van der Waals surface area contributed by atoms with Gasteiger partial charge in [-0.1, -0.05) is 47.8 Å². The number of hydrogen-bond acceptors (Lipinski definition) is 3. The molecular weight excluding hydrogens is 471 g/mol. The Morgan fingerprint density at radius 1 is 1.03 bits per heavy atom. The molecule has 0 saturated carbocycles. The molecule has 2 amide bonds. The summed E-state index contributed by atoms with van der Waals surface area (Å²) in [6.07, 6.45) is 1.54. The molecule has 1 N–H and O–H groups in total. The van der Waals surface area contributed by atoms with Crippen molar-refractivity contribution in [3.8, 4) is 5.75 Å². The summed E-state index contributed by atoms with van der Waals surface area (Å²) < 4.78 is 5.67. The van der Waals surface area contributed by atoms with Crippen LogP contribution in [0.4, 0.5) is 0 Å². The van der Waals surface area contributed by atoms with E-state index in [2.05, 4.69) is 5.32 Å². The Hall–Kier alpha value is -1.95. The first-order valence-electron chi connectivity index (χ1n) is 10.6. The second-order valence-electron chi connectivity index (χ2n) is 7.66. The first kappa shape index (κ1) is 26.3. The predicted octanol–water partition coefficient (Wildman–Crippen LogP) is 6.14. The van der Waals surface area contributed by atoms with Crippen molar-refractivity contribution < 1.29 is 14.3 Å². The fourth-order valence-electron chi connectivity index (χ4n) is 2.97. The van der Waals surface area contributed by atoms with Crippen LogP contribution >= 0.6 is 34.8 Å². The quantitative estimate of drug-likeness (QED) is 0.378. The Morgan fingerprint density at radius 2 is 1.69 bits per heavy atom. The minimum Gasteiger partial charge on any atom is -0.494 e. The maximum Gasteiger partial charge on any atom is 0.242 e. The smallest absolute Gasteiger partial charge is 0.242 e. The van der Waals surface area contributed by atoms with Crippen molar-refractivity contribution >= 4 is 46.6 Å². The molecule has 0 fully saturated rings. The van der Waals surface area contributed by atoms with Gasteiger partial charge in [-0.3, -0.25) is 9.59 Å². The van der Waals surface area contributed by atoms with Crippen molar-refractivity contribution in [2.24, 2.45) is 0 Å². The van der Waals surface area contributed by atoms with Crippen molar-refractivity contribution in [1.29, 1.82) is 0 Å². The first-order valence-corrected chi connectivity index (χ1v) is 11.8. The van der Waals surface area contributed by atoms with Gasteiger partial charge in [-0.15, -0.1) is 0 Å². The number of nitrogens with one attached hydrogen (secondary N) is 1. The summed E-state index contributed by atoms with van der Waals surface area (Å²) >= 11 is 18.2. The minimum atomic E-state index is -0.652. The summed E-state index contributed by atoms with van der Waals surface area (Å²) in [7, 11) is 0. The van der Waals surface area contributed by atoms with E-state index in [1.165, 1.54) is 0 Å². The molecule has 5 nitrogen and oxygen atoms in total. The summed E-state index contributed by atoms with van der Waals surface area (Å²) in [5, 5.41) is 4.55. The molecule has 8 heteroatoms. The Labute approximate surface area is 205 Å². The standard InChI is InChI=1S/C24H29Cl3N2O3/c1-4-16(2)28-24(31)17(3)29(15-18-7-8-20(26)14-22(18)27)23(30)6-5-13-32-21-11-9-19(25)10-12-21/h7-12,14,16-17H,4-6,13,15H2,1-3H3,(H,28,31)/t16-,17+/m0/s1. The number of rotatable bonds is 11.